The standard InChI is InChI=1S/C28H33N7O3.C2H6/c1-17-23-26(29)30-16-31-27(23)35(32-17)18(2)25-24(20-8-5-6-9-21(20)28(37)38-25)19-11-14-34(15-12-19)22(36)10-7-13-33(3)4;1-2/h5-6,8-9,11,16,18H,7,10,12-15H2,1-4H3,(H2,29,30,31);1-2H3. The molecule has 0 aliphatic carbocycles. The minimum atomic E-state index is -0.445. The van der Waals surface area contributed by atoms with Crippen LogP contribution in [0, 0.1) is 6.92 Å². The van der Waals surface area contributed by atoms with Crippen molar-refractivity contribution in [3.8, 4) is 0 Å². The summed E-state index contributed by atoms with van der Waals surface area (Å²) in [7, 11) is 4.02. The van der Waals surface area contributed by atoms with Crippen LogP contribution in [-0.2, 0) is 4.79 Å². The molecule has 1 atom stereocenters. The lowest BCUT2D eigenvalue weighted by Gasteiger charge is -2.28. The molecular formula is C30H39N7O3. The summed E-state index contributed by atoms with van der Waals surface area (Å²) in [6.07, 6.45) is 5.51. The van der Waals surface area contributed by atoms with Gasteiger partial charge < -0.3 is 20.0 Å². The van der Waals surface area contributed by atoms with E-state index >= 15 is 0 Å². The molecule has 1 aliphatic rings. The number of benzene rings is 1. The van der Waals surface area contributed by atoms with Gasteiger partial charge in [-0.2, -0.15) is 5.10 Å². The molecule has 1 amide bonds. The first-order valence-corrected chi connectivity index (χ1v) is 13.9. The number of anilines is 1. The quantitative estimate of drug-likeness (QED) is 0.362. The number of hydrogen-bond acceptors (Lipinski definition) is 8. The summed E-state index contributed by atoms with van der Waals surface area (Å²) < 4.78 is 7.75. The van der Waals surface area contributed by atoms with Crippen molar-refractivity contribution in [2.75, 3.05) is 39.5 Å². The largest absolute Gasteiger partial charge is 0.424 e. The number of amides is 1. The first-order chi connectivity index (χ1) is 19.3. The summed E-state index contributed by atoms with van der Waals surface area (Å²) in [5.41, 5.74) is 8.92. The fourth-order valence-electron chi connectivity index (χ4n) is 5.22. The molecule has 5 rings (SSSR count). The molecule has 0 fully saturated rings. The number of aryl methyl sites for hydroxylation is 1. The number of hydrogen-bond donors (Lipinski definition) is 1. The molecular weight excluding hydrogens is 506 g/mol. The molecule has 40 heavy (non-hydrogen) atoms. The lowest BCUT2D eigenvalue weighted by atomic mass is 9.92. The highest BCUT2D eigenvalue weighted by molar-refractivity contribution is 5.94. The van der Waals surface area contributed by atoms with E-state index in [9.17, 15) is 9.59 Å². The van der Waals surface area contributed by atoms with Crippen molar-refractivity contribution in [3.05, 3.63) is 64.1 Å². The first-order valence-electron chi connectivity index (χ1n) is 13.9. The second-order valence-electron chi connectivity index (χ2n) is 10.1. The van der Waals surface area contributed by atoms with Gasteiger partial charge in [-0.05, 0) is 64.4 Å². The Morgan fingerprint density at radius 3 is 2.58 bits per heavy atom. The van der Waals surface area contributed by atoms with Crippen LogP contribution in [0.5, 0.6) is 0 Å². The lowest BCUT2D eigenvalue weighted by molar-refractivity contribution is -0.130. The third-order valence-electron chi connectivity index (χ3n) is 7.18. The zero-order valence-electron chi connectivity index (χ0n) is 24.3. The van der Waals surface area contributed by atoms with Gasteiger partial charge in [-0.1, -0.05) is 38.1 Å². The van der Waals surface area contributed by atoms with E-state index in [1.54, 1.807) is 10.7 Å². The molecule has 0 spiro atoms. The van der Waals surface area contributed by atoms with Gasteiger partial charge >= 0.3 is 5.63 Å². The molecule has 1 aromatic carbocycles. The molecule has 1 aliphatic heterocycles. The Balaban J connectivity index is 0.00000181. The first kappa shape index (κ1) is 28.9. The van der Waals surface area contributed by atoms with Crippen LogP contribution in [0.2, 0.25) is 0 Å². The normalized spacial score (nSPS) is 14.3. The average Bonchev–Trinajstić information content (AvgIpc) is 3.31. The molecule has 0 saturated carbocycles. The molecule has 0 bridgehead atoms. The molecule has 2 N–H and O–H groups in total. The number of nitrogen functional groups attached to an aromatic ring is 1. The molecule has 10 nitrogen and oxygen atoms in total. The van der Waals surface area contributed by atoms with E-state index in [1.165, 1.54) is 6.33 Å². The minimum absolute atomic E-state index is 0.163. The summed E-state index contributed by atoms with van der Waals surface area (Å²) >= 11 is 0. The fourth-order valence-corrected chi connectivity index (χ4v) is 5.22. The summed E-state index contributed by atoms with van der Waals surface area (Å²) in [5.74, 6) is 1.03. The number of fused-ring (bicyclic) bond motifs is 2. The van der Waals surface area contributed by atoms with Crippen molar-refractivity contribution in [1.82, 2.24) is 29.5 Å². The Labute approximate surface area is 234 Å². The summed E-state index contributed by atoms with van der Waals surface area (Å²) in [4.78, 5) is 38.4. The summed E-state index contributed by atoms with van der Waals surface area (Å²) in [6.45, 7) is 9.81. The number of nitrogens with zero attached hydrogens (tertiary/aromatic N) is 6. The van der Waals surface area contributed by atoms with Crippen LogP contribution in [0.25, 0.3) is 27.4 Å². The highest BCUT2D eigenvalue weighted by Gasteiger charge is 2.28. The van der Waals surface area contributed by atoms with Crippen LogP contribution in [0.15, 0.2) is 45.9 Å². The van der Waals surface area contributed by atoms with E-state index in [4.69, 9.17) is 15.2 Å². The maximum Gasteiger partial charge on any atom is 0.343 e. The van der Waals surface area contributed by atoms with Crippen LogP contribution in [0.1, 0.15) is 63.1 Å². The number of nitrogens with two attached hydrogens (primary N) is 1. The SMILES string of the molecule is CC.Cc1nn(C(C)c2oc(=O)c3ccccc3c2C2=CCN(C(=O)CCCN(C)C)CC2)c2ncnc(N)c12. The Hall–Kier alpha value is -4.05. The zero-order valence-corrected chi connectivity index (χ0v) is 24.3. The second kappa shape index (κ2) is 12.4. The van der Waals surface area contributed by atoms with E-state index in [0.717, 1.165) is 29.5 Å². The third-order valence-corrected chi connectivity index (χ3v) is 7.18. The van der Waals surface area contributed by atoms with Crippen LogP contribution < -0.4 is 11.4 Å². The van der Waals surface area contributed by atoms with E-state index in [-0.39, 0.29) is 5.91 Å². The van der Waals surface area contributed by atoms with Gasteiger partial charge in [0.05, 0.1) is 16.5 Å². The lowest BCUT2D eigenvalue weighted by Crippen LogP contribution is -2.35. The van der Waals surface area contributed by atoms with E-state index in [2.05, 4.69) is 20.9 Å². The Bertz CT molecular complexity index is 1600. The summed E-state index contributed by atoms with van der Waals surface area (Å²) in [6, 6.07) is 7.04. The zero-order chi connectivity index (χ0) is 29.0. The van der Waals surface area contributed by atoms with Crippen molar-refractivity contribution in [1.29, 1.82) is 0 Å². The van der Waals surface area contributed by atoms with Crippen LogP contribution in [-0.4, -0.2) is 69.2 Å². The van der Waals surface area contributed by atoms with Gasteiger partial charge in [0, 0.05) is 25.1 Å². The molecule has 212 valence electrons. The van der Waals surface area contributed by atoms with E-state index in [0.29, 0.717) is 59.6 Å². The Kier molecular flexibility index (Phi) is 8.99. The smallest absolute Gasteiger partial charge is 0.343 e. The van der Waals surface area contributed by atoms with Crippen molar-refractivity contribution in [2.24, 2.45) is 0 Å². The molecule has 4 aromatic rings. The van der Waals surface area contributed by atoms with E-state index in [1.807, 2.05) is 64.9 Å². The van der Waals surface area contributed by atoms with Crippen molar-refractivity contribution in [2.45, 2.75) is 53.0 Å². The maximum atomic E-state index is 13.1. The maximum absolute atomic E-state index is 13.1. The highest BCUT2D eigenvalue weighted by atomic mass is 16.4. The van der Waals surface area contributed by atoms with Crippen molar-refractivity contribution < 1.29 is 9.21 Å². The van der Waals surface area contributed by atoms with Gasteiger partial charge in [0.15, 0.2) is 5.65 Å². The fraction of sp³-hybridized carbons (Fsp3) is 0.433. The van der Waals surface area contributed by atoms with Crippen molar-refractivity contribution >= 4 is 39.1 Å². The second-order valence-corrected chi connectivity index (χ2v) is 10.1. The highest BCUT2D eigenvalue weighted by Crippen LogP contribution is 2.36. The average molecular weight is 546 g/mol. The minimum Gasteiger partial charge on any atom is -0.424 e. The van der Waals surface area contributed by atoms with Gasteiger partial charge in [0.1, 0.15) is 23.9 Å². The third kappa shape index (κ3) is 5.62. The van der Waals surface area contributed by atoms with Gasteiger partial charge in [-0.15, -0.1) is 0 Å². The monoisotopic (exact) mass is 545 g/mol. The van der Waals surface area contributed by atoms with Crippen LogP contribution >= 0.6 is 0 Å². The Morgan fingerprint density at radius 1 is 1.18 bits per heavy atom. The van der Waals surface area contributed by atoms with Crippen LogP contribution in [0.4, 0.5) is 5.82 Å². The molecule has 10 heteroatoms. The van der Waals surface area contributed by atoms with Gasteiger partial charge in [0.25, 0.3) is 0 Å². The topological polar surface area (TPSA) is 123 Å². The number of rotatable bonds is 7. The molecule has 0 saturated heterocycles. The van der Waals surface area contributed by atoms with Gasteiger partial charge in [-0.25, -0.2) is 19.4 Å². The molecule has 4 heterocycles. The molecule has 3 aromatic heterocycles. The predicted molar refractivity (Wildman–Crippen MR) is 159 cm³/mol. The van der Waals surface area contributed by atoms with Crippen molar-refractivity contribution in [3.63, 3.8) is 0 Å². The van der Waals surface area contributed by atoms with Gasteiger partial charge in [0.2, 0.25) is 5.91 Å². The van der Waals surface area contributed by atoms with Crippen LogP contribution in [0.3, 0.4) is 0 Å². The number of carbonyl (C=O) groups is 1. The van der Waals surface area contributed by atoms with Gasteiger partial charge in [-0.3, -0.25) is 4.79 Å². The van der Waals surface area contributed by atoms with E-state index < -0.39 is 11.7 Å². The predicted octanol–water partition coefficient (Wildman–Crippen LogP) is 4.42. The number of carbonyl (C=O) groups excluding carboxylic acids is 1. The Morgan fingerprint density at radius 2 is 1.90 bits per heavy atom. The summed E-state index contributed by atoms with van der Waals surface area (Å²) in [5, 5.41) is 6.73. The number of aromatic nitrogens is 4. The molecule has 0 radical (unpaired) electrons. The molecule has 1 unspecified atom stereocenters.